The summed E-state index contributed by atoms with van der Waals surface area (Å²) in [6.07, 6.45) is 3.38. The first-order chi connectivity index (χ1) is 7.31. The van der Waals surface area contributed by atoms with Crippen molar-refractivity contribution in [3.63, 3.8) is 0 Å². The van der Waals surface area contributed by atoms with E-state index in [-0.39, 0.29) is 11.9 Å². The summed E-state index contributed by atoms with van der Waals surface area (Å²) in [7, 11) is 1.55. The molecule has 15 heavy (non-hydrogen) atoms. The van der Waals surface area contributed by atoms with E-state index in [0.717, 1.165) is 18.5 Å². The van der Waals surface area contributed by atoms with Gasteiger partial charge in [-0.15, -0.1) is 0 Å². The minimum absolute atomic E-state index is 0.171. The molecule has 0 aromatic heterocycles. The van der Waals surface area contributed by atoms with Gasteiger partial charge in [-0.25, -0.2) is 4.39 Å². The van der Waals surface area contributed by atoms with E-state index in [9.17, 15) is 4.39 Å². The van der Waals surface area contributed by atoms with E-state index in [1.54, 1.807) is 7.11 Å². The second-order valence-electron chi connectivity index (χ2n) is 3.89. The van der Waals surface area contributed by atoms with Crippen LogP contribution in [0, 0.1) is 5.82 Å². The van der Waals surface area contributed by atoms with Crippen LogP contribution in [0.1, 0.15) is 30.9 Å². The fourth-order valence-electron chi connectivity index (χ4n) is 2.03. The SMILES string of the molecule is COc1ccc([C@H]2CCCCN2)c(F)c1. The third-order valence-corrected chi connectivity index (χ3v) is 2.89. The topological polar surface area (TPSA) is 21.3 Å². The first-order valence-electron chi connectivity index (χ1n) is 5.38. The number of piperidine rings is 1. The highest BCUT2D eigenvalue weighted by atomic mass is 19.1. The van der Waals surface area contributed by atoms with Crippen molar-refractivity contribution in [1.29, 1.82) is 0 Å². The number of hydrogen-bond donors (Lipinski definition) is 1. The van der Waals surface area contributed by atoms with Crippen molar-refractivity contribution in [3.05, 3.63) is 29.6 Å². The van der Waals surface area contributed by atoms with Crippen LogP contribution in [0.15, 0.2) is 18.2 Å². The molecule has 1 saturated heterocycles. The number of nitrogens with one attached hydrogen (secondary N) is 1. The Morgan fingerprint density at radius 2 is 2.27 bits per heavy atom. The first-order valence-corrected chi connectivity index (χ1v) is 5.38. The fourth-order valence-corrected chi connectivity index (χ4v) is 2.03. The van der Waals surface area contributed by atoms with Crippen molar-refractivity contribution in [1.82, 2.24) is 5.32 Å². The van der Waals surface area contributed by atoms with Gasteiger partial charge in [0.1, 0.15) is 11.6 Å². The number of rotatable bonds is 2. The molecule has 0 saturated carbocycles. The van der Waals surface area contributed by atoms with Crippen molar-refractivity contribution >= 4 is 0 Å². The highest BCUT2D eigenvalue weighted by molar-refractivity contribution is 5.31. The third-order valence-electron chi connectivity index (χ3n) is 2.89. The lowest BCUT2D eigenvalue weighted by molar-refractivity contribution is 0.391. The predicted molar refractivity (Wildman–Crippen MR) is 57.5 cm³/mol. The second-order valence-corrected chi connectivity index (χ2v) is 3.89. The molecule has 1 atom stereocenters. The maximum absolute atomic E-state index is 13.7. The molecule has 0 bridgehead atoms. The summed E-state index contributed by atoms with van der Waals surface area (Å²) in [5.74, 6) is 0.404. The van der Waals surface area contributed by atoms with Crippen LogP contribution in [-0.4, -0.2) is 13.7 Å². The zero-order valence-electron chi connectivity index (χ0n) is 8.92. The molecule has 0 aliphatic carbocycles. The summed E-state index contributed by atoms with van der Waals surface area (Å²) in [4.78, 5) is 0. The van der Waals surface area contributed by atoms with Crippen LogP contribution in [0.5, 0.6) is 5.75 Å². The normalized spacial score (nSPS) is 21.3. The average Bonchev–Trinajstić information content (AvgIpc) is 2.30. The molecule has 1 aromatic carbocycles. The van der Waals surface area contributed by atoms with Gasteiger partial charge in [0.05, 0.1) is 7.11 Å². The van der Waals surface area contributed by atoms with Crippen LogP contribution < -0.4 is 10.1 Å². The fraction of sp³-hybridized carbons (Fsp3) is 0.500. The predicted octanol–water partition coefficient (Wildman–Crippen LogP) is 2.65. The van der Waals surface area contributed by atoms with E-state index in [2.05, 4.69) is 5.32 Å². The molecule has 1 heterocycles. The number of ether oxygens (including phenoxy) is 1. The quantitative estimate of drug-likeness (QED) is 0.808. The minimum atomic E-state index is -0.172. The zero-order chi connectivity index (χ0) is 10.7. The molecule has 1 aliphatic rings. The molecule has 1 fully saturated rings. The van der Waals surface area contributed by atoms with E-state index in [1.807, 2.05) is 12.1 Å². The molecule has 2 rings (SSSR count). The Bertz CT molecular complexity index is 334. The Morgan fingerprint density at radius 1 is 1.40 bits per heavy atom. The summed E-state index contributed by atoms with van der Waals surface area (Å²) in [6.45, 7) is 0.982. The Balaban J connectivity index is 2.19. The van der Waals surface area contributed by atoms with E-state index in [1.165, 1.54) is 18.9 Å². The van der Waals surface area contributed by atoms with Gasteiger partial charge in [0, 0.05) is 17.7 Å². The Morgan fingerprint density at radius 3 is 2.87 bits per heavy atom. The van der Waals surface area contributed by atoms with Gasteiger partial charge in [-0.3, -0.25) is 0 Å². The van der Waals surface area contributed by atoms with Gasteiger partial charge in [-0.1, -0.05) is 12.5 Å². The number of halogens is 1. The molecular formula is C12H16FNO. The molecule has 3 heteroatoms. The van der Waals surface area contributed by atoms with Gasteiger partial charge in [0.15, 0.2) is 0 Å². The maximum Gasteiger partial charge on any atom is 0.131 e. The second kappa shape index (κ2) is 4.62. The van der Waals surface area contributed by atoms with Crippen LogP contribution in [0.25, 0.3) is 0 Å². The number of hydrogen-bond acceptors (Lipinski definition) is 2. The van der Waals surface area contributed by atoms with Crippen molar-refractivity contribution in [2.75, 3.05) is 13.7 Å². The molecule has 0 unspecified atom stereocenters. The summed E-state index contributed by atoms with van der Waals surface area (Å²) in [6, 6.07) is 5.25. The van der Waals surface area contributed by atoms with E-state index in [4.69, 9.17) is 4.74 Å². The highest BCUT2D eigenvalue weighted by Gasteiger charge is 2.18. The largest absolute Gasteiger partial charge is 0.497 e. The minimum Gasteiger partial charge on any atom is -0.497 e. The summed E-state index contributed by atoms with van der Waals surface area (Å²) < 4.78 is 18.7. The van der Waals surface area contributed by atoms with Gasteiger partial charge in [0.2, 0.25) is 0 Å². The lowest BCUT2D eigenvalue weighted by Gasteiger charge is -2.24. The van der Waals surface area contributed by atoms with Gasteiger partial charge < -0.3 is 10.1 Å². The molecule has 82 valence electrons. The van der Waals surface area contributed by atoms with Crippen LogP contribution in [0.2, 0.25) is 0 Å². The lowest BCUT2D eigenvalue weighted by atomic mass is 9.97. The standard InChI is InChI=1S/C12H16FNO/c1-15-9-5-6-10(11(13)8-9)12-4-2-3-7-14-12/h5-6,8,12,14H,2-4,7H2,1H3/t12-/m1/s1. The molecule has 2 nitrogen and oxygen atoms in total. The van der Waals surface area contributed by atoms with Gasteiger partial charge >= 0.3 is 0 Å². The summed E-state index contributed by atoms with van der Waals surface area (Å²) in [5.41, 5.74) is 0.760. The Labute approximate surface area is 89.4 Å². The molecule has 1 aromatic rings. The van der Waals surface area contributed by atoms with Crippen LogP contribution >= 0.6 is 0 Å². The smallest absolute Gasteiger partial charge is 0.131 e. The Hall–Kier alpha value is -1.09. The molecule has 0 spiro atoms. The highest BCUT2D eigenvalue weighted by Crippen LogP contribution is 2.27. The maximum atomic E-state index is 13.7. The van der Waals surface area contributed by atoms with Crippen molar-refractivity contribution in [2.45, 2.75) is 25.3 Å². The lowest BCUT2D eigenvalue weighted by Crippen LogP contribution is -2.27. The Kier molecular flexibility index (Phi) is 3.21. The monoisotopic (exact) mass is 209 g/mol. The molecule has 1 aliphatic heterocycles. The van der Waals surface area contributed by atoms with Gasteiger partial charge in [0.25, 0.3) is 0 Å². The van der Waals surface area contributed by atoms with Crippen LogP contribution in [0.4, 0.5) is 4.39 Å². The van der Waals surface area contributed by atoms with Crippen LogP contribution in [-0.2, 0) is 0 Å². The van der Waals surface area contributed by atoms with E-state index in [0.29, 0.717) is 5.75 Å². The summed E-state index contributed by atoms with van der Waals surface area (Å²) in [5, 5.41) is 3.33. The first kappa shape index (κ1) is 10.4. The number of benzene rings is 1. The van der Waals surface area contributed by atoms with Crippen LogP contribution in [0.3, 0.4) is 0 Å². The average molecular weight is 209 g/mol. The van der Waals surface area contributed by atoms with E-state index >= 15 is 0 Å². The molecule has 1 N–H and O–H groups in total. The van der Waals surface area contributed by atoms with E-state index < -0.39 is 0 Å². The third kappa shape index (κ3) is 2.29. The summed E-state index contributed by atoms with van der Waals surface area (Å²) >= 11 is 0. The molecular weight excluding hydrogens is 193 g/mol. The van der Waals surface area contributed by atoms with Gasteiger partial charge in [-0.05, 0) is 25.5 Å². The number of methoxy groups -OCH3 is 1. The van der Waals surface area contributed by atoms with Crippen molar-refractivity contribution < 1.29 is 9.13 Å². The molecule has 0 amide bonds. The van der Waals surface area contributed by atoms with Gasteiger partial charge in [-0.2, -0.15) is 0 Å². The molecule has 0 radical (unpaired) electrons. The zero-order valence-corrected chi connectivity index (χ0v) is 8.92. The van der Waals surface area contributed by atoms with Crippen molar-refractivity contribution in [3.8, 4) is 5.75 Å². The van der Waals surface area contributed by atoms with Crippen molar-refractivity contribution in [2.24, 2.45) is 0 Å².